The molecule has 0 spiro atoms. The van der Waals surface area contributed by atoms with Crippen molar-refractivity contribution in [3.63, 3.8) is 0 Å². The lowest BCUT2D eigenvalue weighted by molar-refractivity contribution is 0.0933. The zero-order valence-electron chi connectivity index (χ0n) is 19.2. The van der Waals surface area contributed by atoms with E-state index in [9.17, 15) is 18.0 Å². The van der Waals surface area contributed by atoms with Crippen LogP contribution in [0.15, 0.2) is 52.4 Å². The molecule has 3 aromatic rings. The van der Waals surface area contributed by atoms with Gasteiger partial charge in [-0.15, -0.1) is 0 Å². The molecule has 0 atom stereocenters. The van der Waals surface area contributed by atoms with Crippen LogP contribution in [0.1, 0.15) is 22.8 Å². The third-order valence-electron chi connectivity index (χ3n) is 5.73. The van der Waals surface area contributed by atoms with Gasteiger partial charge in [-0.1, -0.05) is 23.5 Å². The summed E-state index contributed by atoms with van der Waals surface area (Å²) in [5.41, 5.74) is 2.44. The van der Waals surface area contributed by atoms with E-state index in [0.717, 1.165) is 15.8 Å². The average Bonchev–Trinajstić information content (AvgIpc) is 3.15. The number of aromatic nitrogens is 1. The Bertz CT molecular complexity index is 1400. The smallest absolute Gasteiger partial charge is 0.409 e. The molecular formula is C23H26N4O5S2. The van der Waals surface area contributed by atoms with Crippen LogP contribution in [-0.2, 0) is 21.8 Å². The van der Waals surface area contributed by atoms with Crippen molar-refractivity contribution in [1.82, 2.24) is 13.8 Å². The zero-order chi connectivity index (χ0) is 24.5. The Kier molecular flexibility index (Phi) is 6.87. The summed E-state index contributed by atoms with van der Waals surface area (Å²) in [5, 5.41) is 0. The van der Waals surface area contributed by atoms with Gasteiger partial charge >= 0.3 is 6.09 Å². The number of nitrogens with zero attached hydrogens (tertiary/aromatic N) is 4. The van der Waals surface area contributed by atoms with Gasteiger partial charge in [0.05, 0.1) is 21.7 Å². The topological polar surface area (TPSA) is 101 Å². The van der Waals surface area contributed by atoms with Crippen molar-refractivity contribution in [2.24, 2.45) is 12.0 Å². The highest BCUT2D eigenvalue weighted by Crippen LogP contribution is 2.21. The maximum absolute atomic E-state index is 13.0. The molecule has 0 radical (unpaired) electrons. The molecular weight excluding hydrogens is 476 g/mol. The first-order chi connectivity index (χ1) is 16.2. The predicted molar refractivity (Wildman–Crippen MR) is 129 cm³/mol. The number of sulfonamides is 1. The number of rotatable bonds is 4. The fraction of sp³-hybridized carbons (Fsp3) is 0.348. The molecule has 0 unspecified atom stereocenters. The highest BCUT2D eigenvalue weighted by Gasteiger charge is 2.30. The molecule has 1 aromatic heterocycles. The van der Waals surface area contributed by atoms with E-state index in [1.165, 1.54) is 44.8 Å². The van der Waals surface area contributed by atoms with E-state index >= 15 is 0 Å². The number of carbonyl (C=O) groups is 2. The summed E-state index contributed by atoms with van der Waals surface area (Å²) in [6.45, 7) is 4.89. The van der Waals surface area contributed by atoms with Crippen LogP contribution < -0.4 is 4.80 Å². The molecule has 1 saturated heterocycles. The first kappa shape index (κ1) is 24.1. The molecule has 0 N–H and O–H groups in total. The second-order valence-corrected chi connectivity index (χ2v) is 10.8. The number of carbonyl (C=O) groups excluding carboxylic acids is 2. The van der Waals surface area contributed by atoms with Gasteiger partial charge in [-0.05, 0) is 49.7 Å². The van der Waals surface area contributed by atoms with Crippen LogP contribution in [0.4, 0.5) is 4.79 Å². The van der Waals surface area contributed by atoms with Gasteiger partial charge in [0.1, 0.15) is 0 Å². The number of ether oxygens (including phenoxy) is 1. The number of hydrogen-bond acceptors (Lipinski definition) is 6. The molecule has 1 fully saturated rings. The van der Waals surface area contributed by atoms with Crippen molar-refractivity contribution in [3.8, 4) is 0 Å². The maximum atomic E-state index is 13.0. The van der Waals surface area contributed by atoms with Gasteiger partial charge in [0.25, 0.3) is 5.91 Å². The lowest BCUT2D eigenvalue weighted by atomic mass is 10.2. The van der Waals surface area contributed by atoms with Crippen LogP contribution in [0.2, 0.25) is 0 Å². The third-order valence-corrected chi connectivity index (χ3v) is 8.74. The van der Waals surface area contributed by atoms with Gasteiger partial charge in [-0.3, -0.25) is 4.79 Å². The van der Waals surface area contributed by atoms with E-state index in [-0.39, 0.29) is 37.7 Å². The quantitative estimate of drug-likeness (QED) is 0.546. The fourth-order valence-electron chi connectivity index (χ4n) is 3.90. The van der Waals surface area contributed by atoms with Gasteiger partial charge in [0, 0.05) is 38.8 Å². The van der Waals surface area contributed by atoms with E-state index in [2.05, 4.69) is 4.99 Å². The average molecular weight is 503 g/mol. The molecule has 0 saturated carbocycles. The molecule has 2 aromatic carbocycles. The summed E-state index contributed by atoms with van der Waals surface area (Å²) in [4.78, 5) is 31.0. The lowest BCUT2D eigenvalue weighted by Gasteiger charge is -2.33. The highest BCUT2D eigenvalue weighted by molar-refractivity contribution is 7.89. The number of amides is 2. The Morgan fingerprint density at radius 1 is 1.06 bits per heavy atom. The van der Waals surface area contributed by atoms with Gasteiger partial charge in [-0.25, -0.2) is 13.2 Å². The van der Waals surface area contributed by atoms with Crippen molar-refractivity contribution in [1.29, 1.82) is 0 Å². The maximum Gasteiger partial charge on any atom is 0.409 e. The minimum Gasteiger partial charge on any atom is -0.450 e. The number of thiazole rings is 1. The van der Waals surface area contributed by atoms with Crippen molar-refractivity contribution < 1.29 is 22.7 Å². The molecule has 180 valence electrons. The number of para-hydroxylation sites is 1. The summed E-state index contributed by atoms with van der Waals surface area (Å²) in [6.07, 6.45) is -0.437. The van der Waals surface area contributed by atoms with Crippen molar-refractivity contribution in [3.05, 3.63) is 58.4 Å². The van der Waals surface area contributed by atoms with Crippen LogP contribution in [0.3, 0.4) is 0 Å². The lowest BCUT2D eigenvalue weighted by Crippen LogP contribution is -2.50. The summed E-state index contributed by atoms with van der Waals surface area (Å²) >= 11 is 1.43. The summed E-state index contributed by atoms with van der Waals surface area (Å²) in [5.74, 6) is -0.438. The largest absolute Gasteiger partial charge is 0.450 e. The SMILES string of the molecule is CCOC(=O)N1CCN(S(=O)(=O)c2ccc(C(=O)N=c3sc4cccc(C)c4n3C)cc2)CC1. The monoisotopic (exact) mass is 502 g/mol. The highest BCUT2D eigenvalue weighted by atomic mass is 32.2. The molecule has 0 bridgehead atoms. The van der Waals surface area contributed by atoms with Gasteiger partial charge < -0.3 is 14.2 Å². The van der Waals surface area contributed by atoms with Crippen LogP contribution in [0.25, 0.3) is 10.2 Å². The van der Waals surface area contributed by atoms with E-state index in [0.29, 0.717) is 10.4 Å². The predicted octanol–water partition coefficient (Wildman–Crippen LogP) is 2.75. The van der Waals surface area contributed by atoms with Crippen LogP contribution >= 0.6 is 11.3 Å². The van der Waals surface area contributed by atoms with E-state index < -0.39 is 22.0 Å². The molecule has 11 heteroatoms. The molecule has 4 rings (SSSR count). The second-order valence-electron chi connectivity index (χ2n) is 7.90. The fourth-order valence-corrected chi connectivity index (χ4v) is 6.42. The molecule has 1 aliphatic rings. The molecule has 2 heterocycles. The number of benzene rings is 2. The Hall–Kier alpha value is -3.02. The van der Waals surface area contributed by atoms with Crippen molar-refractivity contribution in [2.45, 2.75) is 18.7 Å². The standard InChI is InChI=1S/C23H26N4O5S2/c1-4-32-23(29)26-12-14-27(15-13-26)34(30,31)18-10-8-17(9-11-18)21(28)24-22-25(3)20-16(2)6-5-7-19(20)33-22/h5-11H,4,12-15H2,1-3H3. The van der Waals surface area contributed by atoms with Crippen LogP contribution in [0, 0.1) is 6.92 Å². The number of piperazine rings is 1. The first-order valence-corrected chi connectivity index (χ1v) is 13.1. The van der Waals surface area contributed by atoms with Crippen LogP contribution in [-0.4, -0.2) is 67.0 Å². The Morgan fingerprint density at radius 2 is 1.74 bits per heavy atom. The normalized spacial score (nSPS) is 15.6. The first-order valence-electron chi connectivity index (χ1n) is 10.9. The molecule has 0 aliphatic carbocycles. The minimum atomic E-state index is -3.74. The minimum absolute atomic E-state index is 0.0941. The van der Waals surface area contributed by atoms with Crippen molar-refractivity contribution in [2.75, 3.05) is 32.8 Å². The Labute approximate surface area is 201 Å². The van der Waals surface area contributed by atoms with E-state index in [1.807, 2.05) is 36.7 Å². The molecule has 9 nitrogen and oxygen atoms in total. The third kappa shape index (κ3) is 4.63. The summed E-state index contributed by atoms with van der Waals surface area (Å²) in [7, 11) is -1.87. The Balaban J connectivity index is 1.50. The second kappa shape index (κ2) is 9.69. The number of aryl methyl sites for hydroxylation is 2. The van der Waals surface area contributed by atoms with E-state index in [1.54, 1.807) is 6.92 Å². The number of fused-ring (bicyclic) bond motifs is 1. The van der Waals surface area contributed by atoms with Crippen molar-refractivity contribution >= 4 is 43.6 Å². The zero-order valence-corrected chi connectivity index (χ0v) is 20.9. The molecule has 2 amide bonds. The van der Waals surface area contributed by atoms with Gasteiger partial charge in [0.2, 0.25) is 10.0 Å². The van der Waals surface area contributed by atoms with Gasteiger partial charge in [-0.2, -0.15) is 9.30 Å². The van der Waals surface area contributed by atoms with Crippen LogP contribution in [0.5, 0.6) is 0 Å². The molecule has 1 aliphatic heterocycles. The Morgan fingerprint density at radius 3 is 2.35 bits per heavy atom. The summed E-state index contributed by atoms with van der Waals surface area (Å²) in [6, 6.07) is 11.8. The molecule has 34 heavy (non-hydrogen) atoms. The summed E-state index contributed by atoms with van der Waals surface area (Å²) < 4.78 is 35.3. The van der Waals surface area contributed by atoms with E-state index in [4.69, 9.17) is 4.74 Å². The number of hydrogen-bond donors (Lipinski definition) is 0. The van der Waals surface area contributed by atoms with Gasteiger partial charge in [0.15, 0.2) is 4.80 Å².